The Hall–Kier alpha value is -1.92. The third-order valence-electron chi connectivity index (χ3n) is 6.65. The van der Waals surface area contributed by atoms with Gasteiger partial charge in [-0.25, -0.2) is 0 Å². The minimum absolute atomic E-state index is 0.0881. The van der Waals surface area contributed by atoms with E-state index in [4.69, 9.17) is 0 Å². The first-order valence-electron chi connectivity index (χ1n) is 11.0. The second-order valence-electron chi connectivity index (χ2n) is 8.64. The largest absolute Gasteiger partial charge is 0.359 e. The molecule has 2 fully saturated rings. The number of rotatable bonds is 8. The molecule has 0 aromatic heterocycles. The van der Waals surface area contributed by atoms with Crippen molar-refractivity contribution in [2.24, 2.45) is 5.92 Å². The van der Waals surface area contributed by atoms with Crippen LogP contribution in [0.25, 0.3) is 0 Å². The summed E-state index contributed by atoms with van der Waals surface area (Å²) in [4.78, 5) is 28.8. The number of carbonyl (C=O) groups excluding carboxylic acids is 2. The molecule has 0 saturated carbocycles. The number of likely N-dealkylation sites (tertiary alicyclic amines) is 2. The van der Waals surface area contributed by atoms with E-state index in [0.29, 0.717) is 31.3 Å². The van der Waals surface area contributed by atoms with Crippen molar-refractivity contribution in [3.05, 3.63) is 35.9 Å². The van der Waals surface area contributed by atoms with E-state index in [2.05, 4.69) is 57.8 Å². The highest BCUT2D eigenvalue weighted by Crippen LogP contribution is 2.25. The Morgan fingerprint density at radius 3 is 2.34 bits per heavy atom. The Bertz CT molecular complexity index is 658. The predicted molar refractivity (Wildman–Crippen MR) is 115 cm³/mol. The summed E-state index contributed by atoms with van der Waals surface area (Å²) < 4.78 is 0. The average molecular weight is 401 g/mol. The van der Waals surface area contributed by atoms with Crippen LogP contribution in [0.15, 0.2) is 30.3 Å². The van der Waals surface area contributed by atoms with Gasteiger partial charge in [0.25, 0.3) is 0 Å². The van der Waals surface area contributed by atoms with Crippen molar-refractivity contribution in [2.45, 2.75) is 57.2 Å². The summed E-state index contributed by atoms with van der Waals surface area (Å²) in [6.45, 7) is 3.83. The van der Waals surface area contributed by atoms with Gasteiger partial charge < -0.3 is 10.6 Å². The molecular formula is C23H36N4O2. The average Bonchev–Trinajstić information content (AvgIpc) is 3.08. The number of hydrogen-bond acceptors (Lipinski definition) is 4. The minimum Gasteiger partial charge on any atom is -0.359 e. The fourth-order valence-electron chi connectivity index (χ4n) is 4.65. The lowest BCUT2D eigenvalue weighted by molar-refractivity contribution is -0.123. The first-order valence-corrected chi connectivity index (χ1v) is 11.0. The van der Waals surface area contributed by atoms with Crippen LogP contribution in [0.3, 0.4) is 0 Å². The third kappa shape index (κ3) is 6.54. The first kappa shape index (κ1) is 21.8. The molecule has 2 atom stereocenters. The number of nitrogens with zero attached hydrogens (tertiary/aromatic N) is 2. The van der Waals surface area contributed by atoms with Crippen molar-refractivity contribution in [2.75, 3.05) is 33.7 Å². The Kier molecular flexibility index (Phi) is 8.07. The van der Waals surface area contributed by atoms with E-state index < -0.39 is 0 Å². The molecule has 0 aliphatic carbocycles. The quantitative estimate of drug-likeness (QED) is 0.701. The first-order chi connectivity index (χ1) is 14.0. The molecule has 2 amide bonds. The van der Waals surface area contributed by atoms with E-state index in [9.17, 15) is 9.59 Å². The smallest absolute Gasteiger partial charge is 0.221 e. The van der Waals surface area contributed by atoms with E-state index in [1.165, 1.54) is 5.56 Å². The predicted octanol–water partition coefficient (Wildman–Crippen LogP) is 2.00. The van der Waals surface area contributed by atoms with Crippen LogP contribution in [0, 0.1) is 5.92 Å². The lowest BCUT2D eigenvalue weighted by Crippen LogP contribution is -2.43. The minimum atomic E-state index is 0.0881. The standard InChI is InChI=1S/C23H36N4O2/c1-24-22(28)15-20-8-9-21(26(20)2)16-25-23(29)14-18-10-12-27(13-11-18)17-19-6-4-3-5-7-19/h3-7,18,20-21H,8-17H2,1-2H3,(H,24,28)(H,25,29)/t20-,21+/m1/s1. The summed E-state index contributed by atoms with van der Waals surface area (Å²) in [5.74, 6) is 0.754. The Morgan fingerprint density at radius 1 is 0.966 bits per heavy atom. The van der Waals surface area contributed by atoms with E-state index in [1.54, 1.807) is 7.05 Å². The lowest BCUT2D eigenvalue weighted by Gasteiger charge is -2.32. The zero-order chi connectivity index (χ0) is 20.6. The Labute approximate surface area is 175 Å². The molecule has 2 aliphatic rings. The molecule has 0 unspecified atom stereocenters. The summed E-state index contributed by atoms with van der Waals surface area (Å²) in [5.41, 5.74) is 1.36. The monoisotopic (exact) mass is 400 g/mol. The Morgan fingerprint density at radius 2 is 1.66 bits per heavy atom. The molecule has 1 aromatic carbocycles. The molecule has 0 spiro atoms. The summed E-state index contributed by atoms with van der Waals surface area (Å²) in [7, 11) is 3.75. The summed E-state index contributed by atoms with van der Waals surface area (Å²) >= 11 is 0. The molecule has 2 aliphatic heterocycles. The topological polar surface area (TPSA) is 64.7 Å². The number of hydrogen-bond donors (Lipinski definition) is 2. The second-order valence-corrected chi connectivity index (χ2v) is 8.64. The van der Waals surface area contributed by atoms with Gasteiger partial charge >= 0.3 is 0 Å². The highest BCUT2D eigenvalue weighted by Gasteiger charge is 2.31. The molecule has 160 valence electrons. The van der Waals surface area contributed by atoms with Crippen molar-refractivity contribution in [1.29, 1.82) is 0 Å². The van der Waals surface area contributed by atoms with E-state index >= 15 is 0 Å². The number of amides is 2. The van der Waals surface area contributed by atoms with Gasteiger partial charge in [0.1, 0.15) is 0 Å². The van der Waals surface area contributed by atoms with E-state index in [1.807, 2.05) is 0 Å². The maximum absolute atomic E-state index is 12.4. The molecular weight excluding hydrogens is 364 g/mol. The van der Waals surface area contributed by atoms with Gasteiger partial charge in [-0.05, 0) is 57.3 Å². The highest BCUT2D eigenvalue weighted by atomic mass is 16.2. The molecule has 2 saturated heterocycles. The molecule has 3 rings (SSSR count). The SMILES string of the molecule is CNC(=O)C[C@H]1CC[C@@H](CNC(=O)CC2CCN(Cc3ccccc3)CC2)N1C. The molecule has 2 N–H and O–H groups in total. The fourth-order valence-corrected chi connectivity index (χ4v) is 4.65. The van der Waals surface area contributed by atoms with Crippen LogP contribution in [0.2, 0.25) is 0 Å². The number of nitrogens with one attached hydrogen (secondary N) is 2. The molecule has 29 heavy (non-hydrogen) atoms. The Balaban J connectivity index is 1.33. The zero-order valence-electron chi connectivity index (χ0n) is 17.9. The molecule has 0 radical (unpaired) electrons. The second kappa shape index (κ2) is 10.7. The van der Waals surface area contributed by atoms with Crippen LogP contribution >= 0.6 is 0 Å². The molecule has 0 bridgehead atoms. The van der Waals surface area contributed by atoms with Gasteiger partial charge in [-0.1, -0.05) is 30.3 Å². The van der Waals surface area contributed by atoms with Gasteiger partial charge in [-0.3, -0.25) is 19.4 Å². The number of likely N-dealkylation sites (N-methyl/N-ethyl adjacent to an activating group) is 1. The van der Waals surface area contributed by atoms with Crippen molar-refractivity contribution < 1.29 is 9.59 Å². The molecule has 1 aromatic rings. The normalized spacial score (nSPS) is 23.8. The summed E-state index contributed by atoms with van der Waals surface area (Å²) in [6, 6.07) is 11.2. The van der Waals surface area contributed by atoms with Gasteiger partial charge in [0.15, 0.2) is 0 Å². The van der Waals surface area contributed by atoms with Crippen molar-refractivity contribution in [3.63, 3.8) is 0 Å². The van der Waals surface area contributed by atoms with E-state index in [-0.39, 0.29) is 17.9 Å². The van der Waals surface area contributed by atoms with Crippen molar-refractivity contribution in [3.8, 4) is 0 Å². The summed E-state index contributed by atoms with van der Waals surface area (Å²) in [5, 5.41) is 5.85. The number of benzene rings is 1. The van der Waals surface area contributed by atoms with Crippen molar-refractivity contribution >= 4 is 11.8 Å². The summed E-state index contributed by atoms with van der Waals surface area (Å²) in [6.07, 6.45) is 5.42. The zero-order valence-corrected chi connectivity index (χ0v) is 17.9. The maximum Gasteiger partial charge on any atom is 0.221 e. The number of carbonyl (C=O) groups is 2. The van der Waals surface area contributed by atoms with Crippen LogP contribution in [0.4, 0.5) is 0 Å². The van der Waals surface area contributed by atoms with Crippen LogP contribution in [0.1, 0.15) is 44.1 Å². The van der Waals surface area contributed by atoms with Gasteiger partial charge in [0.05, 0.1) is 0 Å². The van der Waals surface area contributed by atoms with Crippen LogP contribution in [-0.2, 0) is 16.1 Å². The van der Waals surface area contributed by atoms with Gasteiger partial charge in [-0.2, -0.15) is 0 Å². The maximum atomic E-state index is 12.4. The fraction of sp³-hybridized carbons (Fsp3) is 0.652. The third-order valence-corrected chi connectivity index (χ3v) is 6.65. The van der Waals surface area contributed by atoms with Crippen LogP contribution in [0.5, 0.6) is 0 Å². The van der Waals surface area contributed by atoms with Gasteiger partial charge in [-0.15, -0.1) is 0 Å². The lowest BCUT2D eigenvalue weighted by atomic mass is 9.93. The molecule has 6 heteroatoms. The molecule has 2 heterocycles. The highest BCUT2D eigenvalue weighted by molar-refractivity contribution is 5.76. The number of piperidine rings is 1. The van der Waals surface area contributed by atoms with Crippen molar-refractivity contribution in [1.82, 2.24) is 20.4 Å². The van der Waals surface area contributed by atoms with Gasteiger partial charge in [0.2, 0.25) is 11.8 Å². The van der Waals surface area contributed by atoms with Crippen LogP contribution in [-0.4, -0.2) is 67.4 Å². The van der Waals surface area contributed by atoms with E-state index in [0.717, 1.165) is 45.3 Å². The van der Waals surface area contributed by atoms with Crippen LogP contribution < -0.4 is 10.6 Å². The van der Waals surface area contributed by atoms with Gasteiger partial charge in [0, 0.05) is 45.1 Å². The molecule has 6 nitrogen and oxygen atoms in total.